The first-order chi connectivity index (χ1) is 35.1. The summed E-state index contributed by atoms with van der Waals surface area (Å²) in [7, 11) is -2.35. The first-order valence-electron chi connectivity index (χ1n) is 26.9. The number of nitrogens with zero attached hydrogens (tertiary/aromatic N) is 1. The lowest BCUT2D eigenvalue weighted by atomic mass is 9.79. The quantitative estimate of drug-likeness (QED) is 0.144. The largest absolute Gasteiger partial charge is 0.497 e. The standard InChI is InChI=1S/C53H80F3NO14S/c1-31-17-13-11-12-14-18-32(2)42(67-8)29-39-22-20-37(7)52(64,71-39)49(61)50(62)57-24-16-15-19-40(57)51(63)70-43(30-41(58)33(3)26-36(6)47(60)48(69-10)46(59)35(5)25-31)34(4)27-38-21-23-45(44(28-38)68-9)72(65,66)53(54,55)56/h11-14,18,26,31,33-35,37-40,42-45,47-48,60,64H,15-17,19-25,27-30H2,1-10H3/b13-11+,14-12+,32-18+,36-26+/t31-,33-,34-,35-,37-,38+,39+,40+,42+,43+,44-,45+,47-,48+,52-/m1/s1/i33T,37T,40T,45T. The molecule has 0 aromatic heterocycles. The lowest BCUT2D eigenvalue weighted by Crippen LogP contribution is -2.61. The summed E-state index contributed by atoms with van der Waals surface area (Å²) in [4.78, 5) is 72.3. The van der Waals surface area contributed by atoms with Crippen LogP contribution in [0.25, 0.3) is 0 Å². The number of ketones is 3. The first-order valence-corrected chi connectivity index (χ1v) is 26.4. The Morgan fingerprint density at radius 2 is 1.60 bits per heavy atom. The fourth-order valence-corrected chi connectivity index (χ4v) is 11.4. The number of fused-ring (bicyclic) bond motifs is 3. The average Bonchev–Trinajstić information content (AvgIpc) is 3.34. The third-order valence-corrected chi connectivity index (χ3v) is 16.4. The molecule has 4 rings (SSSR count). The maximum absolute atomic E-state index is 14.7. The highest BCUT2D eigenvalue weighted by molar-refractivity contribution is 7.92. The predicted molar refractivity (Wildman–Crippen MR) is 263 cm³/mol. The highest BCUT2D eigenvalue weighted by Gasteiger charge is 2.55. The Balaban J connectivity index is 1.80. The van der Waals surface area contributed by atoms with Crippen molar-refractivity contribution in [3.8, 4) is 0 Å². The van der Waals surface area contributed by atoms with Crippen LogP contribution in [0.3, 0.4) is 0 Å². The molecule has 0 aromatic carbocycles. The number of carbonyl (C=O) groups is 5. The number of hydrogen-bond donors (Lipinski definition) is 2. The minimum Gasteiger partial charge on any atom is -0.460 e. The second-order valence-electron chi connectivity index (χ2n) is 20.2. The number of allylic oxidation sites excluding steroid dienone is 6. The van der Waals surface area contributed by atoms with Gasteiger partial charge in [0.15, 0.2) is 5.78 Å². The van der Waals surface area contributed by atoms with E-state index in [1.54, 1.807) is 13.0 Å². The van der Waals surface area contributed by atoms with Gasteiger partial charge in [0.25, 0.3) is 21.5 Å². The number of halogens is 3. The van der Waals surface area contributed by atoms with Crippen LogP contribution in [0.15, 0.2) is 47.6 Å². The highest BCUT2D eigenvalue weighted by Crippen LogP contribution is 2.41. The second kappa shape index (κ2) is 26.8. The van der Waals surface area contributed by atoms with Crippen LogP contribution >= 0.6 is 0 Å². The molecule has 1 amide bonds. The van der Waals surface area contributed by atoms with Crippen molar-refractivity contribution in [2.24, 2.45) is 35.5 Å². The maximum Gasteiger partial charge on any atom is 0.497 e. The molecule has 15 atom stereocenters. The van der Waals surface area contributed by atoms with Gasteiger partial charge in [-0.25, -0.2) is 13.2 Å². The molecular formula is C53H80F3NO14S. The van der Waals surface area contributed by atoms with Gasteiger partial charge in [0.05, 0.1) is 26.3 Å². The van der Waals surface area contributed by atoms with E-state index < -0.39 is 147 Å². The van der Waals surface area contributed by atoms with E-state index >= 15 is 0 Å². The summed E-state index contributed by atoms with van der Waals surface area (Å²) < 4.78 is 132. The van der Waals surface area contributed by atoms with Gasteiger partial charge in [0.1, 0.15) is 30.1 Å². The number of rotatable bonds is 7. The minimum absolute atomic E-state index is 0.0215. The van der Waals surface area contributed by atoms with Crippen molar-refractivity contribution in [2.75, 3.05) is 27.9 Å². The number of Topliss-reactive ketones (excluding diaryl/α,β-unsaturated/α-hetero) is 3. The van der Waals surface area contributed by atoms with E-state index in [0.717, 1.165) is 18.8 Å². The number of alkyl halides is 3. The second-order valence-corrected chi connectivity index (χ2v) is 22.2. The molecule has 2 N–H and O–H groups in total. The molecule has 3 aliphatic heterocycles. The SMILES string of the molecule is [3H][C@@]12CCCCN1C(=O)C(=O)[C@]1(O)O[C@@H](CC[C@@]1([3H])C)C[C@H](OC)/C(C)=C/C=C/C=C/C[C@@H](C)C[C@@H](C)C(=O)[C@H](OC)[C@H](O)/C(C)=C/[C@@]([3H])(C)C(=O)C[C@@H]([C@H](C)C[C@@H]1CC[C@]([3H])(S(=O)(=O)C(F)(F)F)[C@H](OC)C1)OC2=O. The smallest absolute Gasteiger partial charge is 0.460 e. The van der Waals surface area contributed by atoms with Crippen molar-refractivity contribution in [3.63, 3.8) is 0 Å². The zero-order valence-electron chi connectivity index (χ0n) is 47.4. The molecule has 0 unspecified atom stereocenters. The summed E-state index contributed by atoms with van der Waals surface area (Å²) in [6.45, 7) is 10.5. The van der Waals surface area contributed by atoms with Gasteiger partial charge in [-0.2, -0.15) is 13.2 Å². The number of amides is 1. The van der Waals surface area contributed by atoms with E-state index in [1.165, 1.54) is 41.9 Å². The molecule has 15 nitrogen and oxygen atoms in total. The number of piperidine rings is 1. The number of esters is 1. The van der Waals surface area contributed by atoms with Crippen molar-refractivity contribution in [2.45, 2.75) is 191 Å². The molecule has 408 valence electrons. The lowest BCUT2D eigenvalue weighted by Gasteiger charge is -2.42. The molecule has 0 aromatic rings. The molecule has 0 radical (unpaired) electrons. The Hall–Kier alpha value is -3.59. The molecule has 1 aliphatic carbocycles. The summed E-state index contributed by atoms with van der Waals surface area (Å²) in [5, 5.41) is 20.5. The Kier molecular flexibility index (Phi) is 20.3. The number of hydrogen-bond acceptors (Lipinski definition) is 14. The van der Waals surface area contributed by atoms with Gasteiger partial charge in [0, 0.05) is 61.2 Å². The monoisotopic (exact) mass is 1050 g/mol. The van der Waals surface area contributed by atoms with Crippen molar-refractivity contribution in [1.29, 1.82) is 0 Å². The van der Waals surface area contributed by atoms with E-state index in [-0.39, 0.29) is 69.4 Å². The molecule has 3 fully saturated rings. The van der Waals surface area contributed by atoms with Crippen LogP contribution < -0.4 is 0 Å². The van der Waals surface area contributed by atoms with Gasteiger partial charge in [-0.3, -0.25) is 19.2 Å². The van der Waals surface area contributed by atoms with E-state index in [9.17, 15) is 58.5 Å². The lowest BCUT2D eigenvalue weighted by molar-refractivity contribution is -0.265. The van der Waals surface area contributed by atoms with Gasteiger partial charge in [0.2, 0.25) is 5.79 Å². The van der Waals surface area contributed by atoms with Crippen LogP contribution in [0.4, 0.5) is 13.2 Å². The number of sulfone groups is 1. The number of carbonyl (C=O) groups excluding carboxylic acids is 5. The fraction of sp³-hybridized carbons (Fsp3) is 0.755. The Morgan fingerprint density at radius 3 is 2.24 bits per heavy atom. The van der Waals surface area contributed by atoms with E-state index in [2.05, 4.69) is 0 Å². The average molecular weight is 1050 g/mol. The molecule has 2 bridgehead atoms. The van der Waals surface area contributed by atoms with Crippen LogP contribution in [0.2, 0.25) is 0 Å². The van der Waals surface area contributed by atoms with E-state index in [1.807, 2.05) is 38.2 Å². The maximum atomic E-state index is 14.7. The van der Waals surface area contributed by atoms with Crippen LogP contribution in [0.5, 0.6) is 0 Å². The van der Waals surface area contributed by atoms with E-state index in [0.29, 0.717) is 17.7 Å². The predicted octanol–water partition coefficient (Wildman–Crippen LogP) is 7.51. The van der Waals surface area contributed by atoms with E-state index in [4.69, 9.17) is 26.4 Å². The normalized spacial score (nSPS) is 43.2. The van der Waals surface area contributed by atoms with Crippen LogP contribution in [0, 0.1) is 35.5 Å². The van der Waals surface area contributed by atoms with Crippen molar-refractivity contribution in [1.82, 2.24) is 4.90 Å². The number of aliphatic hydroxyl groups excluding tert-OH is 1. The fourth-order valence-electron chi connectivity index (χ4n) is 10.2. The van der Waals surface area contributed by atoms with Gasteiger partial charge < -0.3 is 38.8 Å². The van der Waals surface area contributed by atoms with Crippen LogP contribution in [-0.4, -0.2) is 140 Å². The number of cyclic esters (lactones) is 1. The zero-order chi connectivity index (χ0) is 57.6. The Labute approximate surface area is 429 Å². The third-order valence-electron chi connectivity index (χ3n) is 14.7. The summed E-state index contributed by atoms with van der Waals surface area (Å²) >= 11 is 0. The Bertz CT molecular complexity index is 2350. The molecule has 1 saturated carbocycles. The van der Waals surface area contributed by atoms with Gasteiger partial charge in [-0.15, -0.1) is 0 Å². The summed E-state index contributed by atoms with van der Waals surface area (Å²) in [6, 6.07) is -2.68. The van der Waals surface area contributed by atoms with Gasteiger partial charge >= 0.3 is 11.5 Å². The van der Waals surface area contributed by atoms with Crippen molar-refractivity contribution in [3.05, 3.63) is 47.6 Å². The van der Waals surface area contributed by atoms with Gasteiger partial charge in [-0.1, -0.05) is 71.1 Å². The number of methoxy groups -OCH3 is 3. The van der Waals surface area contributed by atoms with Crippen LogP contribution in [-0.2, 0) is 57.5 Å². The molecule has 4 aliphatic rings. The van der Waals surface area contributed by atoms with Gasteiger partial charge in [-0.05, 0) is 113 Å². The topological polar surface area (TPSA) is 209 Å². The highest BCUT2D eigenvalue weighted by atomic mass is 32.2. The summed E-state index contributed by atoms with van der Waals surface area (Å²) in [5.41, 5.74) is -4.99. The summed E-state index contributed by atoms with van der Waals surface area (Å²) in [6.07, 6.45) is 1.49. The molecule has 2 saturated heterocycles. The molecule has 0 spiro atoms. The van der Waals surface area contributed by atoms with Crippen molar-refractivity contribution < 1.29 is 84.9 Å². The van der Waals surface area contributed by atoms with Crippen molar-refractivity contribution >= 4 is 39.1 Å². The molecular weight excluding hydrogens is 964 g/mol. The number of ether oxygens (including phenoxy) is 5. The summed E-state index contributed by atoms with van der Waals surface area (Å²) in [5.74, 6) is -15.4. The third kappa shape index (κ3) is 15.3. The van der Waals surface area contributed by atoms with Crippen LogP contribution in [0.1, 0.15) is 137 Å². The molecule has 72 heavy (non-hydrogen) atoms. The zero-order valence-corrected chi connectivity index (χ0v) is 44.2. The minimum atomic E-state index is -6.05. The number of aliphatic hydroxyl groups is 2. The first kappa shape index (κ1) is 54.7. The molecule has 3 heterocycles. The molecule has 19 heteroatoms. The Morgan fingerprint density at radius 1 is 0.903 bits per heavy atom.